The summed E-state index contributed by atoms with van der Waals surface area (Å²) in [7, 11) is 0. The fourth-order valence-electron chi connectivity index (χ4n) is 2.65. The molecular formula is C20H36O3. The molecule has 0 radical (unpaired) electrons. The topological polar surface area (TPSA) is 54.4 Å². The van der Waals surface area contributed by atoms with E-state index >= 15 is 0 Å². The zero-order chi connectivity index (χ0) is 17.2. The predicted octanol–water partition coefficient (Wildman–Crippen LogP) is 6.07. The number of Topliss-reactive ketones (excluding diaryl/α,β-unsaturated/α-hetero) is 1. The van der Waals surface area contributed by atoms with Crippen molar-refractivity contribution >= 4 is 11.8 Å². The number of hydrogen-bond donors (Lipinski definition) is 1. The number of carboxylic acid groups (broad SMARTS) is 1. The van der Waals surface area contributed by atoms with Gasteiger partial charge in [-0.3, -0.25) is 9.59 Å². The van der Waals surface area contributed by atoms with Gasteiger partial charge in [0.05, 0.1) is 0 Å². The van der Waals surface area contributed by atoms with Crippen LogP contribution in [0, 0.1) is 0 Å². The van der Waals surface area contributed by atoms with E-state index < -0.39 is 5.97 Å². The molecule has 0 saturated carbocycles. The minimum Gasteiger partial charge on any atom is -0.481 e. The lowest BCUT2D eigenvalue weighted by Crippen LogP contribution is -2.05. The molecule has 0 aliphatic heterocycles. The minimum atomic E-state index is -1.01. The molecule has 23 heavy (non-hydrogen) atoms. The fraction of sp³-hybridized carbons (Fsp3) is 0.800. The number of allylic oxidation sites excluding steroid dienone is 2. The van der Waals surface area contributed by atoms with Gasteiger partial charge >= 0.3 is 5.97 Å². The van der Waals surface area contributed by atoms with Crippen molar-refractivity contribution < 1.29 is 14.7 Å². The van der Waals surface area contributed by atoms with E-state index in [0.717, 1.165) is 25.7 Å². The summed E-state index contributed by atoms with van der Waals surface area (Å²) in [5.41, 5.74) is 0. The Balaban J connectivity index is 3.19. The van der Waals surface area contributed by atoms with Gasteiger partial charge in [0.25, 0.3) is 0 Å². The molecule has 0 atom stereocenters. The number of ketones is 1. The SMILES string of the molecule is CCCCCCCC/C=C/CCCCCCCC(=O)CC(=O)O. The van der Waals surface area contributed by atoms with Gasteiger partial charge in [-0.15, -0.1) is 0 Å². The van der Waals surface area contributed by atoms with Gasteiger partial charge in [-0.05, 0) is 32.1 Å². The lowest BCUT2D eigenvalue weighted by Gasteiger charge is -2.00. The van der Waals surface area contributed by atoms with Crippen molar-refractivity contribution in [3.05, 3.63) is 12.2 Å². The van der Waals surface area contributed by atoms with Gasteiger partial charge in [0.1, 0.15) is 12.2 Å². The van der Waals surface area contributed by atoms with E-state index in [0.29, 0.717) is 6.42 Å². The number of carbonyl (C=O) groups is 2. The third-order valence-electron chi connectivity index (χ3n) is 4.07. The summed E-state index contributed by atoms with van der Waals surface area (Å²) >= 11 is 0. The molecule has 0 heterocycles. The summed E-state index contributed by atoms with van der Waals surface area (Å²) in [5, 5.41) is 8.48. The number of unbranched alkanes of at least 4 members (excludes halogenated alkanes) is 11. The summed E-state index contributed by atoms with van der Waals surface area (Å²) in [6.45, 7) is 2.25. The van der Waals surface area contributed by atoms with Crippen LogP contribution in [0.25, 0.3) is 0 Å². The molecule has 0 aliphatic rings. The molecule has 3 nitrogen and oxygen atoms in total. The fourth-order valence-corrected chi connectivity index (χ4v) is 2.65. The smallest absolute Gasteiger partial charge is 0.310 e. The molecule has 0 aromatic heterocycles. The van der Waals surface area contributed by atoms with Gasteiger partial charge in [-0.2, -0.15) is 0 Å². The summed E-state index contributed by atoms with van der Waals surface area (Å²) in [5.74, 6) is -1.15. The van der Waals surface area contributed by atoms with Crippen LogP contribution in [0.15, 0.2) is 12.2 Å². The highest BCUT2D eigenvalue weighted by Crippen LogP contribution is 2.10. The maximum absolute atomic E-state index is 11.2. The van der Waals surface area contributed by atoms with Gasteiger partial charge in [-0.25, -0.2) is 0 Å². The maximum Gasteiger partial charge on any atom is 0.310 e. The second-order valence-electron chi connectivity index (χ2n) is 6.44. The number of rotatable bonds is 17. The molecule has 0 rings (SSSR count). The first kappa shape index (κ1) is 21.9. The van der Waals surface area contributed by atoms with Crippen LogP contribution in [0.3, 0.4) is 0 Å². The quantitative estimate of drug-likeness (QED) is 0.201. The first-order valence-electron chi connectivity index (χ1n) is 9.55. The molecule has 1 N–H and O–H groups in total. The average molecular weight is 325 g/mol. The van der Waals surface area contributed by atoms with Crippen molar-refractivity contribution in [3.63, 3.8) is 0 Å². The number of aliphatic carboxylic acids is 1. The van der Waals surface area contributed by atoms with E-state index in [2.05, 4.69) is 19.1 Å². The molecule has 0 amide bonds. The Hall–Kier alpha value is -1.12. The highest BCUT2D eigenvalue weighted by atomic mass is 16.4. The highest BCUT2D eigenvalue weighted by Gasteiger charge is 2.06. The summed E-state index contributed by atoms with van der Waals surface area (Å²) in [4.78, 5) is 21.5. The molecule has 0 spiro atoms. The van der Waals surface area contributed by atoms with Crippen molar-refractivity contribution in [2.24, 2.45) is 0 Å². The summed E-state index contributed by atoms with van der Waals surface area (Å²) < 4.78 is 0. The molecule has 134 valence electrons. The van der Waals surface area contributed by atoms with Crippen molar-refractivity contribution in [3.8, 4) is 0 Å². The minimum absolute atomic E-state index is 0.143. The van der Waals surface area contributed by atoms with Gasteiger partial charge in [0, 0.05) is 6.42 Å². The molecule has 0 aromatic carbocycles. The van der Waals surface area contributed by atoms with E-state index in [4.69, 9.17) is 5.11 Å². The number of hydrogen-bond acceptors (Lipinski definition) is 2. The Bertz CT molecular complexity index is 321. The molecule has 3 heteroatoms. The Labute approximate surface area is 142 Å². The van der Waals surface area contributed by atoms with E-state index in [1.54, 1.807) is 0 Å². The normalized spacial score (nSPS) is 11.2. The number of carboxylic acids is 1. The van der Waals surface area contributed by atoms with Crippen molar-refractivity contribution in [1.29, 1.82) is 0 Å². The standard InChI is InChI=1S/C20H36O3/c1-2-3-4-5-6-7-8-9-10-11-12-13-14-15-16-17-19(21)18-20(22)23/h9-10H,2-8,11-18H2,1H3,(H,22,23)/b10-9+. The van der Waals surface area contributed by atoms with Crippen molar-refractivity contribution in [1.82, 2.24) is 0 Å². The van der Waals surface area contributed by atoms with Crippen LogP contribution in [-0.2, 0) is 9.59 Å². The Morgan fingerprint density at radius 2 is 1.22 bits per heavy atom. The van der Waals surface area contributed by atoms with Gasteiger partial charge < -0.3 is 5.11 Å². The lowest BCUT2D eigenvalue weighted by molar-refractivity contribution is -0.140. The third-order valence-corrected chi connectivity index (χ3v) is 4.07. The molecule has 0 unspecified atom stereocenters. The highest BCUT2D eigenvalue weighted by molar-refractivity contribution is 5.94. The predicted molar refractivity (Wildman–Crippen MR) is 96.7 cm³/mol. The maximum atomic E-state index is 11.2. The van der Waals surface area contributed by atoms with Crippen LogP contribution in [0.4, 0.5) is 0 Å². The zero-order valence-corrected chi connectivity index (χ0v) is 15.0. The van der Waals surface area contributed by atoms with Crippen molar-refractivity contribution in [2.45, 2.75) is 103 Å². The lowest BCUT2D eigenvalue weighted by atomic mass is 10.1. The van der Waals surface area contributed by atoms with E-state index in [1.165, 1.54) is 57.8 Å². The van der Waals surface area contributed by atoms with E-state index in [-0.39, 0.29) is 12.2 Å². The van der Waals surface area contributed by atoms with Crippen molar-refractivity contribution in [2.75, 3.05) is 0 Å². The molecule has 0 aliphatic carbocycles. The van der Waals surface area contributed by atoms with Crippen LogP contribution < -0.4 is 0 Å². The monoisotopic (exact) mass is 324 g/mol. The second-order valence-corrected chi connectivity index (χ2v) is 6.44. The molecular weight excluding hydrogens is 288 g/mol. The van der Waals surface area contributed by atoms with Gasteiger partial charge in [0.2, 0.25) is 0 Å². The van der Waals surface area contributed by atoms with Gasteiger partial charge in [0.15, 0.2) is 0 Å². The van der Waals surface area contributed by atoms with Crippen LogP contribution in [-0.4, -0.2) is 16.9 Å². The first-order valence-corrected chi connectivity index (χ1v) is 9.55. The van der Waals surface area contributed by atoms with Crippen LogP contribution in [0.2, 0.25) is 0 Å². The van der Waals surface area contributed by atoms with Crippen LogP contribution in [0.1, 0.15) is 103 Å². The molecule has 0 aromatic rings. The Kier molecular flexibility index (Phi) is 16.4. The summed E-state index contributed by atoms with van der Waals surface area (Å²) in [6.07, 6.45) is 20.7. The zero-order valence-electron chi connectivity index (χ0n) is 15.0. The van der Waals surface area contributed by atoms with Gasteiger partial charge in [-0.1, -0.05) is 70.4 Å². The third kappa shape index (κ3) is 18.8. The molecule has 0 bridgehead atoms. The second kappa shape index (κ2) is 17.2. The summed E-state index contributed by atoms with van der Waals surface area (Å²) in [6, 6.07) is 0. The number of carbonyl (C=O) groups excluding carboxylic acids is 1. The molecule has 0 fully saturated rings. The first-order chi connectivity index (χ1) is 11.2. The molecule has 0 saturated heterocycles. The van der Waals surface area contributed by atoms with E-state index in [9.17, 15) is 9.59 Å². The Morgan fingerprint density at radius 1 is 0.739 bits per heavy atom. The van der Waals surface area contributed by atoms with E-state index in [1.807, 2.05) is 0 Å². The van der Waals surface area contributed by atoms with Crippen LogP contribution >= 0.6 is 0 Å². The Morgan fingerprint density at radius 3 is 1.74 bits per heavy atom. The largest absolute Gasteiger partial charge is 0.481 e. The van der Waals surface area contributed by atoms with Crippen LogP contribution in [0.5, 0.6) is 0 Å². The average Bonchev–Trinajstić information content (AvgIpc) is 2.50.